The molecule has 1 heterocycles. The van der Waals surface area contributed by atoms with Crippen LogP contribution >= 0.6 is 0 Å². The Morgan fingerprint density at radius 3 is 2.55 bits per heavy atom. The number of nitrogens with zero attached hydrogens (tertiary/aromatic N) is 2. The summed E-state index contributed by atoms with van der Waals surface area (Å²) in [6, 6.07) is 0. The van der Waals surface area contributed by atoms with Crippen LogP contribution in [0.4, 0.5) is 5.82 Å². The average Bonchev–Trinajstić information content (AvgIpc) is 3.26. The summed E-state index contributed by atoms with van der Waals surface area (Å²) in [4.78, 5) is 9.49. The fraction of sp³-hybridized carbons (Fsp3) is 0.750. The van der Waals surface area contributed by atoms with Crippen molar-refractivity contribution in [2.24, 2.45) is 5.92 Å². The van der Waals surface area contributed by atoms with E-state index in [1.165, 1.54) is 18.4 Å². The molecule has 20 heavy (non-hydrogen) atoms. The van der Waals surface area contributed by atoms with E-state index >= 15 is 0 Å². The summed E-state index contributed by atoms with van der Waals surface area (Å²) < 4.78 is 5.89. The first kappa shape index (κ1) is 15.2. The maximum Gasteiger partial charge on any atom is 0.160 e. The second kappa shape index (κ2) is 7.02. The highest BCUT2D eigenvalue weighted by Crippen LogP contribution is 2.42. The van der Waals surface area contributed by atoms with E-state index in [-0.39, 0.29) is 6.10 Å². The van der Waals surface area contributed by atoms with Gasteiger partial charge in [0.25, 0.3) is 0 Å². The van der Waals surface area contributed by atoms with Crippen LogP contribution < -0.4 is 5.32 Å². The van der Waals surface area contributed by atoms with Gasteiger partial charge < -0.3 is 10.1 Å². The molecular weight excluding hydrogens is 250 g/mol. The number of rotatable bonds is 8. The summed E-state index contributed by atoms with van der Waals surface area (Å²) in [5.74, 6) is 2.48. The van der Waals surface area contributed by atoms with Crippen LogP contribution in [0.15, 0.2) is 0 Å². The van der Waals surface area contributed by atoms with Crippen molar-refractivity contribution in [1.82, 2.24) is 9.97 Å². The first-order valence-electron chi connectivity index (χ1n) is 7.94. The van der Waals surface area contributed by atoms with Gasteiger partial charge in [0.05, 0.1) is 0 Å². The lowest BCUT2D eigenvalue weighted by molar-refractivity contribution is 0.0400. The zero-order valence-corrected chi connectivity index (χ0v) is 13.2. The fourth-order valence-corrected chi connectivity index (χ4v) is 2.56. The van der Waals surface area contributed by atoms with Crippen molar-refractivity contribution >= 4 is 5.82 Å². The van der Waals surface area contributed by atoms with Crippen molar-refractivity contribution in [2.75, 3.05) is 18.5 Å². The third kappa shape index (κ3) is 3.48. The molecule has 0 aliphatic heterocycles. The third-order valence-corrected chi connectivity index (χ3v) is 3.78. The molecule has 0 bridgehead atoms. The van der Waals surface area contributed by atoms with Gasteiger partial charge in [-0.3, -0.25) is 0 Å². The van der Waals surface area contributed by atoms with Gasteiger partial charge in [0.15, 0.2) is 5.82 Å². The van der Waals surface area contributed by atoms with Gasteiger partial charge in [0.1, 0.15) is 11.9 Å². The second-order valence-electron chi connectivity index (χ2n) is 5.49. The molecule has 1 aromatic rings. The van der Waals surface area contributed by atoms with Crippen LogP contribution in [0.2, 0.25) is 0 Å². The van der Waals surface area contributed by atoms with Crippen LogP contribution in [0.25, 0.3) is 0 Å². The molecule has 1 N–H and O–H groups in total. The van der Waals surface area contributed by atoms with E-state index in [1.54, 1.807) is 0 Å². The van der Waals surface area contributed by atoms with Gasteiger partial charge >= 0.3 is 0 Å². The van der Waals surface area contributed by atoms with Crippen molar-refractivity contribution in [3.63, 3.8) is 0 Å². The highest BCUT2D eigenvalue weighted by Gasteiger charge is 2.35. The number of ether oxygens (including phenoxy) is 1. The minimum atomic E-state index is 0.0757. The van der Waals surface area contributed by atoms with E-state index < -0.39 is 0 Å². The summed E-state index contributed by atoms with van der Waals surface area (Å²) in [6.07, 6.45) is 4.60. The maximum atomic E-state index is 5.89. The van der Waals surface area contributed by atoms with Crippen LogP contribution in [-0.4, -0.2) is 23.1 Å². The molecule has 0 spiro atoms. The Hall–Kier alpha value is -1.16. The van der Waals surface area contributed by atoms with Crippen molar-refractivity contribution in [3.8, 4) is 0 Å². The van der Waals surface area contributed by atoms with Gasteiger partial charge in [-0.2, -0.15) is 0 Å². The van der Waals surface area contributed by atoms with Crippen LogP contribution in [0.1, 0.15) is 63.2 Å². The number of hydrogen-bond donors (Lipinski definition) is 1. The lowest BCUT2D eigenvalue weighted by Gasteiger charge is -2.19. The van der Waals surface area contributed by atoms with Gasteiger partial charge in [0.2, 0.25) is 0 Å². The first-order valence-corrected chi connectivity index (χ1v) is 7.94. The Balaban J connectivity index is 2.30. The standard InChI is InChI=1S/C16H27N3O/c1-5-10-17-15-13(6-2)11(4)18-16(19-15)14(20-7-3)12-8-9-12/h12,14H,5-10H2,1-4H3,(H,17,18,19). The Bertz CT molecular complexity index is 444. The molecule has 0 amide bonds. The molecule has 1 aromatic heterocycles. The highest BCUT2D eigenvalue weighted by atomic mass is 16.5. The number of anilines is 1. The lowest BCUT2D eigenvalue weighted by atomic mass is 10.1. The number of aromatic nitrogens is 2. The van der Waals surface area contributed by atoms with Crippen LogP contribution in [-0.2, 0) is 11.2 Å². The topological polar surface area (TPSA) is 47.0 Å². The number of hydrogen-bond acceptors (Lipinski definition) is 4. The molecule has 1 unspecified atom stereocenters. The minimum Gasteiger partial charge on any atom is -0.370 e. The van der Waals surface area contributed by atoms with Crippen molar-refractivity contribution < 1.29 is 4.74 Å². The van der Waals surface area contributed by atoms with E-state index in [4.69, 9.17) is 14.7 Å². The van der Waals surface area contributed by atoms with E-state index in [0.717, 1.165) is 43.3 Å². The Labute approximate surface area is 122 Å². The van der Waals surface area contributed by atoms with E-state index in [2.05, 4.69) is 26.1 Å². The molecule has 0 saturated heterocycles. The van der Waals surface area contributed by atoms with Gasteiger partial charge in [-0.25, -0.2) is 9.97 Å². The summed E-state index contributed by atoms with van der Waals surface area (Å²) in [5.41, 5.74) is 2.31. The van der Waals surface area contributed by atoms with Crippen molar-refractivity contribution in [3.05, 3.63) is 17.1 Å². The SMILES string of the molecule is CCCNc1nc(C(OCC)C2CC2)nc(C)c1CC. The van der Waals surface area contributed by atoms with Crippen molar-refractivity contribution in [1.29, 1.82) is 0 Å². The summed E-state index contributed by atoms with van der Waals surface area (Å²) in [5, 5.41) is 3.44. The molecule has 1 saturated carbocycles. The van der Waals surface area contributed by atoms with E-state index in [0.29, 0.717) is 5.92 Å². The van der Waals surface area contributed by atoms with Gasteiger partial charge in [0, 0.05) is 24.4 Å². The van der Waals surface area contributed by atoms with Gasteiger partial charge in [-0.1, -0.05) is 13.8 Å². The molecule has 4 nitrogen and oxygen atoms in total. The monoisotopic (exact) mass is 277 g/mol. The summed E-state index contributed by atoms with van der Waals surface area (Å²) in [7, 11) is 0. The molecule has 2 rings (SSSR count). The number of aryl methyl sites for hydroxylation is 1. The van der Waals surface area contributed by atoms with E-state index in [9.17, 15) is 0 Å². The zero-order chi connectivity index (χ0) is 14.5. The molecule has 0 aromatic carbocycles. The van der Waals surface area contributed by atoms with Crippen LogP contribution in [0.3, 0.4) is 0 Å². The van der Waals surface area contributed by atoms with Crippen LogP contribution in [0.5, 0.6) is 0 Å². The second-order valence-corrected chi connectivity index (χ2v) is 5.49. The Morgan fingerprint density at radius 1 is 1.25 bits per heavy atom. The molecule has 112 valence electrons. The minimum absolute atomic E-state index is 0.0757. The largest absolute Gasteiger partial charge is 0.370 e. The summed E-state index contributed by atoms with van der Waals surface area (Å²) >= 11 is 0. The molecule has 1 fully saturated rings. The fourth-order valence-electron chi connectivity index (χ4n) is 2.56. The zero-order valence-electron chi connectivity index (χ0n) is 13.2. The molecular formula is C16H27N3O. The lowest BCUT2D eigenvalue weighted by Crippen LogP contribution is -2.16. The predicted molar refractivity (Wildman–Crippen MR) is 82.0 cm³/mol. The van der Waals surface area contributed by atoms with Gasteiger partial charge in [-0.05, 0) is 45.4 Å². The highest BCUT2D eigenvalue weighted by molar-refractivity contribution is 5.46. The normalized spacial score (nSPS) is 16.2. The molecule has 1 atom stereocenters. The Morgan fingerprint density at radius 2 is 2.00 bits per heavy atom. The average molecular weight is 277 g/mol. The van der Waals surface area contributed by atoms with Crippen molar-refractivity contribution in [2.45, 2.75) is 59.5 Å². The Kier molecular flexibility index (Phi) is 5.35. The quantitative estimate of drug-likeness (QED) is 0.788. The predicted octanol–water partition coefficient (Wildman–Crippen LogP) is 3.66. The first-order chi connectivity index (χ1) is 9.71. The number of nitrogens with one attached hydrogen (secondary N) is 1. The molecule has 4 heteroatoms. The summed E-state index contributed by atoms with van der Waals surface area (Å²) in [6.45, 7) is 10.1. The molecule has 1 aliphatic rings. The van der Waals surface area contributed by atoms with E-state index in [1.807, 2.05) is 6.92 Å². The third-order valence-electron chi connectivity index (χ3n) is 3.78. The van der Waals surface area contributed by atoms with Crippen LogP contribution in [0, 0.1) is 12.8 Å². The smallest absolute Gasteiger partial charge is 0.160 e. The maximum absolute atomic E-state index is 5.89. The molecule has 0 radical (unpaired) electrons. The molecule has 1 aliphatic carbocycles. The van der Waals surface area contributed by atoms with Gasteiger partial charge in [-0.15, -0.1) is 0 Å².